The normalized spacial score (nSPS) is 18.7. The Hall–Kier alpha value is -0.540. The summed E-state index contributed by atoms with van der Waals surface area (Å²) < 4.78 is 1.19. The molecule has 1 aliphatic rings. The van der Waals surface area contributed by atoms with Crippen molar-refractivity contribution in [2.45, 2.75) is 26.7 Å². The summed E-state index contributed by atoms with van der Waals surface area (Å²) in [5.41, 5.74) is 8.66. The Balaban J connectivity index is 2.15. The third-order valence-corrected chi connectivity index (χ3v) is 4.23. The van der Waals surface area contributed by atoms with Crippen LogP contribution in [0.25, 0.3) is 0 Å². The van der Waals surface area contributed by atoms with Gasteiger partial charge in [-0.15, -0.1) is 0 Å². The molecule has 1 heterocycles. The lowest BCUT2D eigenvalue weighted by atomic mass is 9.93. The molecule has 1 saturated heterocycles. The van der Waals surface area contributed by atoms with E-state index < -0.39 is 0 Å². The van der Waals surface area contributed by atoms with E-state index in [1.54, 1.807) is 0 Å². The largest absolute Gasteiger partial charge is 0.371 e. The van der Waals surface area contributed by atoms with Crippen molar-refractivity contribution in [3.8, 4) is 0 Å². The predicted molar refractivity (Wildman–Crippen MR) is 77.5 cm³/mol. The van der Waals surface area contributed by atoms with Crippen LogP contribution in [0.4, 0.5) is 5.69 Å². The van der Waals surface area contributed by atoms with Crippen molar-refractivity contribution in [2.24, 2.45) is 11.1 Å². The summed E-state index contributed by atoms with van der Waals surface area (Å²) in [6.45, 7) is 7.69. The van der Waals surface area contributed by atoms with E-state index in [9.17, 15) is 0 Å². The van der Waals surface area contributed by atoms with Crippen LogP contribution < -0.4 is 10.6 Å². The minimum atomic E-state index is 0.447. The molecule has 1 aliphatic heterocycles. The van der Waals surface area contributed by atoms with Gasteiger partial charge in [-0.25, -0.2) is 0 Å². The summed E-state index contributed by atoms with van der Waals surface area (Å²) in [7, 11) is 0. The van der Waals surface area contributed by atoms with Gasteiger partial charge in [0.25, 0.3) is 0 Å². The fraction of sp³-hybridized carbons (Fsp3) is 0.571. The smallest absolute Gasteiger partial charge is 0.0377 e. The fourth-order valence-electron chi connectivity index (χ4n) is 2.42. The molecule has 3 heteroatoms. The molecule has 1 fully saturated rings. The Kier molecular flexibility index (Phi) is 3.79. The first-order chi connectivity index (χ1) is 8.02. The molecule has 17 heavy (non-hydrogen) atoms. The summed E-state index contributed by atoms with van der Waals surface area (Å²) in [6, 6.07) is 6.64. The second-order valence-corrected chi connectivity index (χ2v) is 6.50. The molecule has 0 atom stereocenters. The second-order valence-electron chi connectivity index (χ2n) is 5.65. The van der Waals surface area contributed by atoms with Gasteiger partial charge >= 0.3 is 0 Å². The van der Waals surface area contributed by atoms with Crippen LogP contribution in [0.3, 0.4) is 0 Å². The SMILES string of the molecule is CC1(C)CCN(c2ccc(CCN)c(Br)c2)C1. The zero-order valence-corrected chi connectivity index (χ0v) is 12.3. The van der Waals surface area contributed by atoms with Gasteiger partial charge in [-0.1, -0.05) is 35.8 Å². The highest BCUT2D eigenvalue weighted by atomic mass is 79.9. The maximum absolute atomic E-state index is 5.59. The van der Waals surface area contributed by atoms with Crippen LogP contribution in [-0.4, -0.2) is 19.6 Å². The zero-order chi connectivity index (χ0) is 12.5. The molecule has 0 saturated carbocycles. The molecular formula is C14H21BrN2. The minimum Gasteiger partial charge on any atom is -0.371 e. The lowest BCUT2D eigenvalue weighted by Crippen LogP contribution is -2.22. The zero-order valence-electron chi connectivity index (χ0n) is 10.7. The van der Waals surface area contributed by atoms with Crippen molar-refractivity contribution in [1.29, 1.82) is 0 Å². The van der Waals surface area contributed by atoms with E-state index >= 15 is 0 Å². The molecule has 0 amide bonds. The van der Waals surface area contributed by atoms with Crippen molar-refractivity contribution in [3.63, 3.8) is 0 Å². The van der Waals surface area contributed by atoms with E-state index in [1.165, 1.54) is 22.1 Å². The first-order valence-electron chi connectivity index (χ1n) is 6.25. The third kappa shape index (κ3) is 3.02. The Bertz CT molecular complexity index is 401. The Labute approximate surface area is 112 Å². The number of anilines is 1. The van der Waals surface area contributed by atoms with Crippen molar-refractivity contribution >= 4 is 21.6 Å². The summed E-state index contributed by atoms with van der Waals surface area (Å²) >= 11 is 3.64. The van der Waals surface area contributed by atoms with E-state index in [0.717, 1.165) is 19.5 Å². The van der Waals surface area contributed by atoms with Gasteiger partial charge in [0.15, 0.2) is 0 Å². The fourth-order valence-corrected chi connectivity index (χ4v) is 2.99. The number of halogens is 1. The molecule has 0 spiro atoms. The average molecular weight is 297 g/mol. The molecule has 2 rings (SSSR count). The molecule has 2 nitrogen and oxygen atoms in total. The standard InChI is InChI=1S/C14H21BrN2/c1-14(2)6-8-17(10-14)12-4-3-11(5-7-16)13(15)9-12/h3-4,9H,5-8,10,16H2,1-2H3. The van der Waals surface area contributed by atoms with Gasteiger partial charge in [0.1, 0.15) is 0 Å². The van der Waals surface area contributed by atoms with Gasteiger partial charge in [-0.3, -0.25) is 0 Å². The molecule has 1 aromatic rings. The number of nitrogens with two attached hydrogens (primary N) is 1. The molecule has 0 aliphatic carbocycles. The Morgan fingerprint density at radius 1 is 1.41 bits per heavy atom. The highest BCUT2D eigenvalue weighted by Crippen LogP contribution is 2.34. The van der Waals surface area contributed by atoms with E-state index in [-0.39, 0.29) is 0 Å². The van der Waals surface area contributed by atoms with E-state index in [0.29, 0.717) is 12.0 Å². The maximum Gasteiger partial charge on any atom is 0.0377 e. The molecule has 1 aromatic carbocycles. The predicted octanol–water partition coefficient (Wildman–Crippen LogP) is 3.19. The van der Waals surface area contributed by atoms with Crippen LogP contribution in [0.5, 0.6) is 0 Å². The highest BCUT2D eigenvalue weighted by Gasteiger charge is 2.29. The molecule has 0 aromatic heterocycles. The number of nitrogens with zero attached hydrogens (tertiary/aromatic N) is 1. The van der Waals surface area contributed by atoms with Crippen LogP contribution in [-0.2, 0) is 6.42 Å². The molecular weight excluding hydrogens is 276 g/mol. The summed E-state index contributed by atoms with van der Waals surface area (Å²) in [5, 5.41) is 0. The van der Waals surface area contributed by atoms with Crippen LogP contribution >= 0.6 is 15.9 Å². The third-order valence-electron chi connectivity index (χ3n) is 3.49. The van der Waals surface area contributed by atoms with Crippen LogP contribution in [0.15, 0.2) is 22.7 Å². The quantitative estimate of drug-likeness (QED) is 0.928. The summed E-state index contributed by atoms with van der Waals surface area (Å²) in [5.74, 6) is 0. The second kappa shape index (κ2) is 4.99. The lowest BCUT2D eigenvalue weighted by molar-refractivity contribution is 0.418. The van der Waals surface area contributed by atoms with Crippen molar-refractivity contribution in [1.82, 2.24) is 0 Å². The maximum atomic E-state index is 5.59. The van der Waals surface area contributed by atoms with Gasteiger partial charge in [-0.2, -0.15) is 0 Å². The van der Waals surface area contributed by atoms with Gasteiger partial charge in [0.2, 0.25) is 0 Å². The van der Waals surface area contributed by atoms with Crippen molar-refractivity contribution in [2.75, 3.05) is 24.5 Å². The Morgan fingerprint density at radius 2 is 2.18 bits per heavy atom. The first kappa shape index (κ1) is 12.9. The highest BCUT2D eigenvalue weighted by molar-refractivity contribution is 9.10. The lowest BCUT2D eigenvalue weighted by Gasteiger charge is -2.22. The van der Waals surface area contributed by atoms with Crippen LogP contribution in [0.2, 0.25) is 0 Å². The van der Waals surface area contributed by atoms with Crippen LogP contribution in [0.1, 0.15) is 25.8 Å². The van der Waals surface area contributed by atoms with Crippen LogP contribution in [0, 0.1) is 5.41 Å². The number of hydrogen-bond donors (Lipinski definition) is 1. The van der Waals surface area contributed by atoms with Crippen molar-refractivity contribution < 1.29 is 0 Å². The number of hydrogen-bond acceptors (Lipinski definition) is 2. The van der Waals surface area contributed by atoms with E-state index in [4.69, 9.17) is 5.73 Å². The minimum absolute atomic E-state index is 0.447. The average Bonchev–Trinajstić information content (AvgIpc) is 2.62. The summed E-state index contributed by atoms with van der Waals surface area (Å²) in [6.07, 6.45) is 2.21. The van der Waals surface area contributed by atoms with Gasteiger partial charge in [0.05, 0.1) is 0 Å². The van der Waals surface area contributed by atoms with Gasteiger partial charge < -0.3 is 10.6 Å². The monoisotopic (exact) mass is 296 g/mol. The Morgan fingerprint density at radius 3 is 2.71 bits per heavy atom. The van der Waals surface area contributed by atoms with E-state index in [1.807, 2.05) is 0 Å². The topological polar surface area (TPSA) is 29.3 Å². The molecule has 0 bridgehead atoms. The van der Waals surface area contributed by atoms with E-state index in [2.05, 4.69) is 52.9 Å². The molecule has 2 N–H and O–H groups in total. The molecule has 0 unspecified atom stereocenters. The summed E-state index contributed by atoms with van der Waals surface area (Å²) in [4.78, 5) is 2.47. The van der Waals surface area contributed by atoms with Gasteiger partial charge in [0, 0.05) is 23.2 Å². The van der Waals surface area contributed by atoms with Gasteiger partial charge in [-0.05, 0) is 42.5 Å². The first-order valence-corrected chi connectivity index (χ1v) is 7.04. The van der Waals surface area contributed by atoms with Crippen molar-refractivity contribution in [3.05, 3.63) is 28.2 Å². The molecule has 0 radical (unpaired) electrons. The number of rotatable bonds is 3. The molecule has 94 valence electrons. The number of benzene rings is 1.